The first kappa shape index (κ1) is 12.0. The number of nitro groups is 1. The third-order valence-electron chi connectivity index (χ3n) is 1.95. The van der Waals surface area contributed by atoms with Gasteiger partial charge in [0.15, 0.2) is 12.1 Å². The first-order chi connectivity index (χ1) is 7.61. The van der Waals surface area contributed by atoms with E-state index in [1.807, 2.05) is 0 Å². The van der Waals surface area contributed by atoms with Crippen LogP contribution in [0.4, 0.5) is 5.69 Å². The van der Waals surface area contributed by atoms with Gasteiger partial charge >= 0.3 is 0 Å². The molecule has 6 nitrogen and oxygen atoms in total. The topological polar surface area (TPSA) is 86.5 Å². The Balaban J connectivity index is 3.32. The second kappa shape index (κ2) is 5.13. The lowest BCUT2D eigenvalue weighted by Gasteiger charge is -2.02. The Bertz CT molecular complexity index is 441. The molecule has 0 atom stereocenters. The molecule has 1 aromatic rings. The Kier molecular flexibility index (Phi) is 3.84. The minimum absolute atomic E-state index is 0.114. The van der Waals surface area contributed by atoms with E-state index in [-0.39, 0.29) is 17.7 Å². The molecule has 84 valence electrons. The Labute approximate surface area is 91.0 Å². The summed E-state index contributed by atoms with van der Waals surface area (Å²) >= 11 is 0. The SMILES string of the molecule is COCC(=O)c1cccc(C=O)c1[N+](=O)[O-]. The molecule has 0 heterocycles. The molecular weight excluding hydrogens is 214 g/mol. The van der Waals surface area contributed by atoms with Crippen LogP contribution in [0.3, 0.4) is 0 Å². The third-order valence-corrected chi connectivity index (χ3v) is 1.95. The van der Waals surface area contributed by atoms with Crippen molar-refractivity contribution < 1.29 is 19.2 Å². The number of carbonyl (C=O) groups is 2. The van der Waals surface area contributed by atoms with E-state index in [0.717, 1.165) is 0 Å². The molecular formula is C10H9NO5. The fourth-order valence-corrected chi connectivity index (χ4v) is 1.29. The van der Waals surface area contributed by atoms with E-state index < -0.39 is 16.4 Å². The lowest BCUT2D eigenvalue weighted by Crippen LogP contribution is -2.11. The summed E-state index contributed by atoms with van der Waals surface area (Å²) in [6.45, 7) is -0.261. The summed E-state index contributed by atoms with van der Waals surface area (Å²) in [6.07, 6.45) is 0.349. The zero-order chi connectivity index (χ0) is 12.1. The lowest BCUT2D eigenvalue weighted by atomic mass is 10.0. The molecule has 0 saturated carbocycles. The van der Waals surface area contributed by atoms with Gasteiger partial charge in [-0.3, -0.25) is 19.7 Å². The minimum atomic E-state index is -0.743. The van der Waals surface area contributed by atoms with Gasteiger partial charge in [0.2, 0.25) is 0 Å². The van der Waals surface area contributed by atoms with Gasteiger partial charge in [-0.15, -0.1) is 0 Å². The summed E-state index contributed by atoms with van der Waals surface area (Å²) in [7, 11) is 1.31. The first-order valence-electron chi connectivity index (χ1n) is 4.36. The largest absolute Gasteiger partial charge is 0.377 e. The number of Topliss-reactive ketones (excluding diaryl/α,β-unsaturated/α-hetero) is 1. The van der Waals surface area contributed by atoms with Gasteiger partial charge in [0, 0.05) is 7.11 Å². The minimum Gasteiger partial charge on any atom is -0.377 e. The highest BCUT2D eigenvalue weighted by atomic mass is 16.6. The van der Waals surface area contributed by atoms with E-state index in [1.54, 1.807) is 0 Å². The molecule has 0 spiro atoms. The molecule has 0 bridgehead atoms. The number of hydrogen-bond donors (Lipinski definition) is 0. The van der Waals surface area contributed by atoms with Gasteiger partial charge < -0.3 is 4.74 Å². The maximum Gasteiger partial charge on any atom is 0.290 e. The number of carbonyl (C=O) groups excluding carboxylic acids is 2. The normalized spacial score (nSPS) is 9.81. The van der Waals surface area contributed by atoms with Crippen LogP contribution in [0, 0.1) is 10.1 Å². The molecule has 0 radical (unpaired) electrons. The summed E-state index contributed by atoms with van der Waals surface area (Å²) < 4.78 is 4.61. The van der Waals surface area contributed by atoms with Crippen LogP contribution in [0.1, 0.15) is 20.7 Å². The highest BCUT2D eigenvalue weighted by Gasteiger charge is 2.23. The smallest absolute Gasteiger partial charge is 0.290 e. The maximum absolute atomic E-state index is 11.5. The standard InChI is InChI=1S/C10H9NO5/c1-16-6-9(13)8-4-2-3-7(5-12)10(8)11(14)15/h2-5H,6H2,1H3. The number of rotatable bonds is 5. The highest BCUT2D eigenvalue weighted by molar-refractivity contribution is 6.03. The molecule has 0 unspecified atom stereocenters. The summed E-state index contributed by atoms with van der Waals surface area (Å²) in [5.74, 6) is -0.530. The Morgan fingerprint density at radius 3 is 2.75 bits per heavy atom. The maximum atomic E-state index is 11.5. The molecule has 0 fully saturated rings. The summed E-state index contributed by atoms with van der Waals surface area (Å²) in [4.78, 5) is 32.1. The van der Waals surface area contributed by atoms with Gasteiger partial charge in [0.05, 0.1) is 16.1 Å². The van der Waals surface area contributed by atoms with Crippen LogP contribution in [-0.2, 0) is 4.74 Å². The van der Waals surface area contributed by atoms with E-state index in [9.17, 15) is 19.7 Å². The number of ether oxygens (including phenoxy) is 1. The first-order valence-corrected chi connectivity index (χ1v) is 4.36. The number of methoxy groups -OCH3 is 1. The van der Waals surface area contributed by atoms with Crippen LogP contribution in [0.15, 0.2) is 18.2 Å². The Morgan fingerprint density at radius 2 is 2.25 bits per heavy atom. The molecule has 0 aliphatic carbocycles. The van der Waals surface area contributed by atoms with Crippen molar-refractivity contribution in [2.45, 2.75) is 0 Å². The van der Waals surface area contributed by atoms with Crippen LogP contribution >= 0.6 is 0 Å². The Morgan fingerprint density at radius 1 is 1.56 bits per heavy atom. The van der Waals surface area contributed by atoms with E-state index in [2.05, 4.69) is 4.74 Å². The van der Waals surface area contributed by atoms with E-state index >= 15 is 0 Å². The second-order valence-corrected chi connectivity index (χ2v) is 2.97. The van der Waals surface area contributed by atoms with Crippen molar-refractivity contribution in [1.82, 2.24) is 0 Å². The predicted molar refractivity (Wildman–Crippen MR) is 54.7 cm³/mol. The van der Waals surface area contributed by atoms with Crippen molar-refractivity contribution in [3.05, 3.63) is 39.4 Å². The molecule has 0 amide bonds. The van der Waals surface area contributed by atoms with Gasteiger partial charge in [-0.25, -0.2) is 0 Å². The van der Waals surface area contributed by atoms with E-state index in [0.29, 0.717) is 6.29 Å². The molecule has 6 heteroatoms. The van der Waals surface area contributed by atoms with Crippen molar-refractivity contribution in [3.8, 4) is 0 Å². The summed E-state index contributed by atoms with van der Waals surface area (Å²) in [5, 5.41) is 10.8. The zero-order valence-corrected chi connectivity index (χ0v) is 8.50. The second-order valence-electron chi connectivity index (χ2n) is 2.97. The third kappa shape index (κ3) is 2.29. The molecule has 1 aromatic carbocycles. The summed E-state index contributed by atoms with van der Waals surface area (Å²) in [6, 6.07) is 4.00. The predicted octanol–water partition coefficient (Wildman–Crippen LogP) is 1.24. The van der Waals surface area contributed by atoms with Crippen molar-refractivity contribution in [2.75, 3.05) is 13.7 Å². The molecule has 0 N–H and O–H groups in total. The van der Waals surface area contributed by atoms with Gasteiger partial charge in [0.1, 0.15) is 6.61 Å². The molecule has 0 saturated heterocycles. The molecule has 0 aromatic heterocycles. The zero-order valence-electron chi connectivity index (χ0n) is 8.50. The number of nitrogens with zero attached hydrogens (tertiary/aromatic N) is 1. The van der Waals surface area contributed by atoms with Gasteiger partial charge in [-0.1, -0.05) is 6.07 Å². The molecule has 0 aliphatic rings. The quantitative estimate of drug-likeness (QED) is 0.324. The number of hydrogen-bond acceptors (Lipinski definition) is 5. The van der Waals surface area contributed by atoms with Crippen molar-refractivity contribution in [3.63, 3.8) is 0 Å². The number of nitro benzene ring substituents is 1. The van der Waals surface area contributed by atoms with Crippen LogP contribution < -0.4 is 0 Å². The van der Waals surface area contributed by atoms with Crippen LogP contribution in [0.2, 0.25) is 0 Å². The van der Waals surface area contributed by atoms with Crippen molar-refractivity contribution >= 4 is 17.8 Å². The van der Waals surface area contributed by atoms with Crippen LogP contribution in [0.25, 0.3) is 0 Å². The number of para-hydroxylation sites is 1. The van der Waals surface area contributed by atoms with Crippen LogP contribution in [0.5, 0.6) is 0 Å². The number of aldehydes is 1. The fraction of sp³-hybridized carbons (Fsp3) is 0.200. The van der Waals surface area contributed by atoms with Gasteiger partial charge in [-0.2, -0.15) is 0 Å². The average molecular weight is 223 g/mol. The fourth-order valence-electron chi connectivity index (χ4n) is 1.29. The van der Waals surface area contributed by atoms with Gasteiger partial charge in [-0.05, 0) is 12.1 Å². The van der Waals surface area contributed by atoms with Crippen molar-refractivity contribution in [2.24, 2.45) is 0 Å². The van der Waals surface area contributed by atoms with Gasteiger partial charge in [0.25, 0.3) is 5.69 Å². The van der Waals surface area contributed by atoms with E-state index in [1.165, 1.54) is 25.3 Å². The average Bonchev–Trinajstić information content (AvgIpc) is 2.28. The highest BCUT2D eigenvalue weighted by Crippen LogP contribution is 2.22. The number of benzene rings is 1. The van der Waals surface area contributed by atoms with Crippen LogP contribution in [-0.4, -0.2) is 30.7 Å². The molecule has 1 rings (SSSR count). The summed E-state index contributed by atoms with van der Waals surface area (Å²) in [5.41, 5.74) is -0.706. The lowest BCUT2D eigenvalue weighted by molar-refractivity contribution is -0.385. The number of ketones is 1. The molecule has 16 heavy (non-hydrogen) atoms. The monoisotopic (exact) mass is 223 g/mol. The Hall–Kier alpha value is -2.08. The molecule has 0 aliphatic heterocycles. The van der Waals surface area contributed by atoms with E-state index in [4.69, 9.17) is 0 Å². The van der Waals surface area contributed by atoms with Crippen molar-refractivity contribution in [1.29, 1.82) is 0 Å².